The maximum absolute atomic E-state index is 12.6. The van der Waals surface area contributed by atoms with Gasteiger partial charge in [0, 0.05) is 19.7 Å². The van der Waals surface area contributed by atoms with Crippen molar-refractivity contribution < 1.29 is 9.53 Å². The fourth-order valence-electron chi connectivity index (χ4n) is 1.78. The molecule has 4 nitrogen and oxygen atoms in total. The summed E-state index contributed by atoms with van der Waals surface area (Å²) in [6, 6.07) is 15.4. The Hall–Kier alpha value is -2.71. The summed E-state index contributed by atoms with van der Waals surface area (Å²) >= 11 is 5.11. The van der Waals surface area contributed by atoms with Gasteiger partial charge in [-0.2, -0.15) is 5.26 Å². The highest BCUT2D eigenvalue weighted by atomic mass is 32.1. The van der Waals surface area contributed by atoms with Crippen LogP contribution in [0.2, 0.25) is 0 Å². The molecule has 0 N–H and O–H groups in total. The predicted octanol–water partition coefficient (Wildman–Crippen LogP) is 3.01. The number of hydrogen-bond acceptors (Lipinski definition) is 4. The molecule has 0 aliphatic rings. The third kappa shape index (κ3) is 3.48. The van der Waals surface area contributed by atoms with Gasteiger partial charge in [0.15, 0.2) is 5.78 Å². The lowest BCUT2D eigenvalue weighted by Crippen LogP contribution is -2.25. The van der Waals surface area contributed by atoms with Crippen molar-refractivity contribution in [2.45, 2.75) is 0 Å². The Morgan fingerprint density at radius 1 is 1.14 bits per heavy atom. The number of nitriles is 1. The Labute approximate surface area is 134 Å². The lowest BCUT2D eigenvalue weighted by molar-refractivity contribution is 0.103. The second-order valence-electron chi connectivity index (χ2n) is 4.78. The molecule has 5 heteroatoms. The molecule has 0 heterocycles. The Morgan fingerprint density at radius 2 is 1.77 bits per heavy atom. The van der Waals surface area contributed by atoms with Crippen molar-refractivity contribution in [1.29, 1.82) is 5.26 Å². The van der Waals surface area contributed by atoms with Gasteiger partial charge >= 0.3 is 0 Å². The van der Waals surface area contributed by atoms with E-state index in [1.165, 1.54) is 0 Å². The molecule has 0 atom stereocenters. The first-order valence-corrected chi connectivity index (χ1v) is 6.97. The van der Waals surface area contributed by atoms with E-state index >= 15 is 0 Å². The molecular formula is C17H14N2O2S. The summed E-state index contributed by atoms with van der Waals surface area (Å²) in [4.78, 5) is 14.2. The minimum Gasteiger partial charge on any atom is -0.431 e. The zero-order valence-electron chi connectivity index (χ0n) is 12.2. The number of benzene rings is 2. The number of ketones is 1. The van der Waals surface area contributed by atoms with Gasteiger partial charge in [-0.15, -0.1) is 0 Å². The van der Waals surface area contributed by atoms with E-state index in [9.17, 15) is 4.79 Å². The van der Waals surface area contributed by atoms with E-state index < -0.39 is 0 Å². The summed E-state index contributed by atoms with van der Waals surface area (Å²) in [7, 11) is 3.54. The molecule has 0 saturated heterocycles. The number of nitrogens with zero attached hydrogens (tertiary/aromatic N) is 2. The molecule has 0 spiro atoms. The van der Waals surface area contributed by atoms with Crippen LogP contribution in [0.1, 0.15) is 21.5 Å². The van der Waals surface area contributed by atoms with Crippen molar-refractivity contribution >= 4 is 23.2 Å². The van der Waals surface area contributed by atoms with E-state index in [0.29, 0.717) is 22.4 Å². The molecule has 0 bridgehead atoms. The number of hydrogen-bond donors (Lipinski definition) is 0. The maximum Gasteiger partial charge on any atom is 0.264 e. The van der Waals surface area contributed by atoms with Gasteiger partial charge in [-0.1, -0.05) is 12.1 Å². The van der Waals surface area contributed by atoms with Gasteiger partial charge < -0.3 is 9.64 Å². The van der Waals surface area contributed by atoms with Crippen LogP contribution in [0.3, 0.4) is 0 Å². The summed E-state index contributed by atoms with van der Waals surface area (Å²) in [5, 5.41) is 9.08. The van der Waals surface area contributed by atoms with Gasteiger partial charge in [-0.25, -0.2) is 0 Å². The van der Waals surface area contributed by atoms with Gasteiger partial charge in [0.2, 0.25) is 0 Å². The number of ether oxygens (including phenoxy) is 1. The third-order valence-corrected chi connectivity index (χ3v) is 3.42. The third-order valence-electron chi connectivity index (χ3n) is 2.97. The van der Waals surface area contributed by atoms with Crippen LogP contribution in [-0.4, -0.2) is 30.0 Å². The van der Waals surface area contributed by atoms with Crippen LogP contribution in [0.4, 0.5) is 0 Å². The highest BCUT2D eigenvalue weighted by Crippen LogP contribution is 2.22. The summed E-state index contributed by atoms with van der Waals surface area (Å²) in [5.74, 6) is 0.234. The SMILES string of the molecule is CN(C)C(=S)Oc1ccccc1C(=O)c1ccc(C#N)cc1. The molecule has 110 valence electrons. The van der Waals surface area contributed by atoms with Crippen molar-refractivity contribution in [1.82, 2.24) is 4.90 Å². The Morgan fingerprint density at radius 3 is 2.36 bits per heavy atom. The molecule has 0 unspecified atom stereocenters. The van der Waals surface area contributed by atoms with E-state index in [0.717, 1.165) is 0 Å². The standard InChI is InChI=1S/C17H14N2O2S/c1-19(2)17(22)21-15-6-4-3-5-14(15)16(20)13-9-7-12(11-18)8-10-13/h3-10H,1-2H3. The molecule has 0 amide bonds. The largest absolute Gasteiger partial charge is 0.431 e. The van der Waals surface area contributed by atoms with Gasteiger partial charge in [0.05, 0.1) is 17.2 Å². The van der Waals surface area contributed by atoms with Crippen LogP contribution in [0.15, 0.2) is 48.5 Å². The molecule has 0 aromatic heterocycles. The average Bonchev–Trinajstić information content (AvgIpc) is 2.54. The number of para-hydroxylation sites is 1. The first-order valence-electron chi connectivity index (χ1n) is 6.56. The maximum atomic E-state index is 12.6. The number of thiocarbonyl (C=S) groups is 1. The fraction of sp³-hybridized carbons (Fsp3) is 0.118. The van der Waals surface area contributed by atoms with Crippen LogP contribution >= 0.6 is 12.2 Å². The van der Waals surface area contributed by atoms with E-state index in [1.54, 1.807) is 67.5 Å². The Kier molecular flexibility index (Phi) is 4.87. The van der Waals surface area contributed by atoms with Gasteiger partial charge in [0.25, 0.3) is 5.17 Å². The number of rotatable bonds is 3. The van der Waals surface area contributed by atoms with E-state index in [4.69, 9.17) is 22.2 Å². The normalized spacial score (nSPS) is 9.68. The molecule has 2 rings (SSSR count). The minimum atomic E-state index is -0.179. The molecule has 0 saturated carbocycles. The number of carbonyl (C=O) groups excluding carboxylic acids is 1. The summed E-state index contributed by atoms with van der Waals surface area (Å²) in [6.07, 6.45) is 0. The second kappa shape index (κ2) is 6.83. The van der Waals surface area contributed by atoms with Crippen molar-refractivity contribution in [2.75, 3.05) is 14.1 Å². The average molecular weight is 310 g/mol. The van der Waals surface area contributed by atoms with E-state index in [2.05, 4.69) is 0 Å². The van der Waals surface area contributed by atoms with Crippen LogP contribution < -0.4 is 4.74 Å². The monoisotopic (exact) mass is 310 g/mol. The smallest absolute Gasteiger partial charge is 0.264 e. The first kappa shape index (κ1) is 15.7. The zero-order valence-corrected chi connectivity index (χ0v) is 13.1. The van der Waals surface area contributed by atoms with Crippen molar-refractivity contribution in [3.8, 4) is 11.8 Å². The highest BCUT2D eigenvalue weighted by Gasteiger charge is 2.16. The van der Waals surface area contributed by atoms with Crippen molar-refractivity contribution in [3.05, 3.63) is 65.2 Å². The molecule has 2 aromatic rings. The Balaban J connectivity index is 2.33. The quantitative estimate of drug-likeness (QED) is 0.644. The Bertz CT molecular complexity index is 746. The first-order chi connectivity index (χ1) is 10.5. The van der Waals surface area contributed by atoms with E-state index in [-0.39, 0.29) is 11.0 Å². The van der Waals surface area contributed by atoms with Gasteiger partial charge in [-0.05, 0) is 48.6 Å². The summed E-state index contributed by atoms with van der Waals surface area (Å²) < 4.78 is 5.58. The highest BCUT2D eigenvalue weighted by molar-refractivity contribution is 7.80. The molecule has 0 radical (unpaired) electrons. The summed E-state index contributed by atoms with van der Waals surface area (Å²) in [6.45, 7) is 0. The summed E-state index contributed by atoms with van der Waals surface area (Å²) in [5.41, 5.74) is 1.43. The van der Waals surface area contributed by atoms with Crippen molar-refractivity contribution in [2.24, 2.45) is 0 Å². The molecule has 22 heavy (non-hydrogen) atoms. The number of carbonyl (C=O) groups is 1. The van der Waals surface area contributed by atoms with Crippen LogP contribution in [-0.2, 0) is 0 Å². The van der Waals surface area contributed by atoms with Gasteiger partial charge in [-0.3, -0.25) is 4.79 Å². The lowest BCUT2D eigenvalue weighted by Gasteiger charge is -2.16. The second-order valence-corrected chi connectivity index (χ2v) is 5.13. The fourth-order valence-corrected chi connectivity index (χ4v) is 1.87. The van der Waals surface area contributed by atoms with Gasteiger partial charge in [0.1, 0.15) is 5.75 Å². The molecule has 2 aromatic carbocycles. The van der Waals surface area contributed by atoms with Crippen molar-refractivity contribution in [3.63, 3.8) is 0 Å². The predicted molar refractivity (Wildman–Crippen MR) is 87.9 cm³/mol. The van der Waals surface area contributed by atoms with Crippen LogP contribution in [0.25, 0.3) is 0 Å². The minimum absolute atomic E-state index is 0.179. The molecule has 0 aliphatic carbocycles. The van der Waals surface area contributed by atoms with E-state index in [1.807, 2.05) is 6.07 Å². The van der Waals surface area contributed by atoms with Crippen LogP contribution in [0.5, 0.6) is 5.75 Å². The lowest BCUT2D eigenvalue weighted by atomic mass is 10.0. The molecule has 0 aliphatic heterocycles. The van der Waals surface area contributed by atoms with Crippen LogP contribution in [0, 0.1) is 11.3 Å². The topological polar surface area (TPSA) is 53.3 Å². The molecular weight excluding hydrogens is 296 g/mol. The zero-order chi connectivity index (χ0) is 16.1. The molecule has 0 fully saturated rings.